The van der Waals surface area contributed by atoms with Crippen molar-refractivity contribution in [2.45, 2.75) is 11.7 Å². The summed E-state index contributed by atoms with van der Waals surface area (Å²) in [5.74, 6) is 1.47. The largest absolute Gasteiger partial charge is 0.393 e. The lowest BCUT2D eigenvalue weighted by Gasteiger charge is -2.12. The van der Waals surface area contributed by atoms with Crippen molar-refractivity contribution in [3.05, 3.63) is 12.7 Å². The maximum atomic E-state index is 9.07. The topological polar surface area (TPSA) is 85.1 Å². The van der Waals surface area contributed by atoms with Gasteiger partial charge >= 0.3 is 0 Å². The van der Waals surface area contributed by atoms with E-state index in [4.69, 9.17) is 9.84 Å². The lowest BCUT2D eigenvalue weighted by atomic mass is 10.5. The molecule has 1 fully saturated rings. The van der Waals surface area contributed by atoms with E-state index in [2.05, 4.69) is 20.3 Å². The summed E-state index contributed by atoms with van der Waals surface area (Å²) in [5.41, 5.74) is 1.29. The first-order valence-electron chi connectivity index (χ1n) is 5.56. The Bertz CT molecular complexity index is 560. The van der Waals surface area contributed by atoms with E-state index < -0.39 is 0 Å². The van der Waals surface area contributed by atoms with Gasteiger partial charge in [0.2, 0.25) is 0 Å². The Morgan fingerprint density at radius 3 is 3.17 bits per heavy atom. The summed E-state index contributed by atoms with van der Waals surface area (Å²) in [6.45, 7) is 0.0184. The number of anilines is 1. The van der Waals surface area contributed by atoms with Crippen molar-refractivity contribution >= 4 is 28.7 Å². The van der Waals surface area contributed by atoms with Gasteiger partial charge in [-0.05, 0) is 0 Å². The van der Waals surface area contributed by atoms with Crippen LogP contribution in [0.2, 0.25) is 0 Å². The van der Waals surface area contributed by atoms with Crippen LogP contribution in [-0.2, 0) is 4.74 Å². The first-order valence-corrected chi connectivity index (χ1v) is 6.61. The number of nitrogens with zero attached hydrogens (tertiary/aromatic N) is 4. The lowest BCUT2D eigenvalue weighted by molar-refractivity contribution is -0.00191. The molecule has 3 heterocycles. The van der Waals surface area contributed by atoms with Crippen molar-refractivity contribution in [3.8, 4) is 0 Å². The van der Waals surface area contributed by atoms with Gasteiger partial charge in [0, 0.05) is 12.8 Å². The van der Waals surface area contributed by atoms with Gasteiger partial charge in [0.05, 0.1) is 12.9 Å². The molecule has 96 valence electrons. The molecule has 0 saturated carbocycles. The number of thioether (sulfide) groups is 1. The average molecular weight is 267 g/mol. The standard InChI is InChI=1S/C10H13N5O2S/c1-11-9-8-10(13-4-12-9)15(5-14-8)6-3-18-7(2-16)17-6/h4-7,16H,2-3H2,1H3,(H,11,12,13)/t6-,7-/m0/s1. The fourth-order valence-electron chi connectivity index (χ4n) is 1.93. The van der Waals surface area contributed by atoms with Crippen molar-refractivity contribution < 1.29 is 9.84 Å². The second kappa shape index (κ2) is 4.71. The Morgan fingerprint density at radius 1 is 1.56 bits per heavy atom. The van der Waals surface area contributed by atoms with Gasteiger partial charge in [-0.15, -0.1) is 11.8 Å². The Hall–Kier alpha value is -1.38. The molecule has 2 aromatic rings. The van der Waals surface area contributed by atoms with E-state index in [1.807, 2.05) is 4.57 Å². The molecule has 2 aromatic heterocycles. The Kier molecular flexibility index (Phi) is 3.06. The highest BCUT2D eigenvalue weighted by Gasteiger charge is 2.28. The number of aliphatic hydroxyl groups is 1. The zero-order valence-electron chi connectivity index (χ0n) is 9.78. The van der Waals surface area contributed by atoms with E-state index >= 15 is 0 Å². The molecule has 18 heavy (non-hydrogen) atoms. The van der Waals surface area contributed by atoms with E-state index in [1.54, 1.807) is 25.1 Å². The predicted octanol–water partition coefficient (Wildman–Crippen LogP) is 0.448. The quantitative estimate of drug-likeness (QED) is 0.835. The van der Waals surface area contributed by atoms with Crippen molar-refractivity contribution in [3.63, 3.8) is 0 Å². The van der Waals surface area contributed by atoms with E-state index in [0.29, 0.717) is 5.82 Å². The SMILES string of the molecule is CNc1ncnc2c1ncn2[C@@H]1CS[C@@H](CO)O1. The van der Waals surface area contributed by atoms with E-state index in [1.165, 1.54) is 6.33 Å². The van der Waals surface area contributed by atoms with Gasteiger partial charge in [0.25, 0.3) is 0 Å². The molecule has 2 atom stereocenters. The van der Waals surface area contributed by atoms with Crippen molar-refractivity contribution in [2.24, 2.45) is 0 Å². The molecule has 1 aliphatic heterocycles. The highest BCUT2D eigenvalue weighted by atomic mass is 32.2. The molecule has 8 heteroatoms. The summed E-state index contributed by atoms with van der Waals surface area (Å²) in [5, 5.41) is 12.1. The molecule has 7 nitrogen and oxygen atoms in total. The molecular weight excluding hydrogens is 254 g/mol. The predicted molar refractivity (Wildman–Crippen MR) is 68.3 cm³/mol. The first-order chi connectivity index (χ1) is 8.83. The minimum absolute atomic E-state index is 0.0184. The lowest BCUT2D eigenvalue weighted by Crippen LogP contribution is -2.14. The second-order valence-corrected chi connectivity index (χ2v) is 5.02. The molecule has 0 spiro atoms. The second-order valence-electron chi connectivity index (χ2n) is 3.83. The van der Waals surface area contributed by atoms with Gasteiger partial charge < -0.3 is 15.2 Å². The molecule has 1 aliphatic rings. The smallest absolute Gasteiger partial charge is 0.167 e. The first kappa shape index (κ1) is 11.7. The molecule has 0 aromatic carbocycles. The number of aromatic nitrogens is 4. The Morgan fingerprint density at radius 2 is 2.44 bits per heavy atom. The fourth-order valence-corrected chi connectivity index (χ4v) is 2.86. The summed E-state index contributed by atoms with van der Waals surface area (Å²) >= 11 is 1.59. The number of hydrogen-bond donors (Lipinski definition) is 2. The van der Waals surface area contributed by atoms with Crippen molar-refractivity contribution in [1.29, 1.82) is 0 Å². The molecule has 2 N–H and O–H groups in total. The number of fused-ring (bicyclic) bond motifs is 1. The summed E-state index contributed by atoms with van der Waals surface area (Å²) < 4.78 is 7.57. The summed E-state index contributed by atoms with van der Waals surface area (Å²) in [4.78, 5) is 12.7. The van der Waals surface area contributed by atoms with Crippen LogP contribution in [0.3, 0.4) is 0 Å². The molecule has 1 saturated heterocycles. The molecule has 3 rings (SSSR count). The normalized spacial score (nSPS) is 23.7. The number of ether oxygens (including phenoxy) is 1. The summed E-state index contributed by atoms with van der Waals surface area (Å²) in [6.07, 6.45) is 3.06. The van der Waals surface area contributed by atoms with Crippen LogP contribution in [0.1, 0.15) is 6.23 Å². The third kappa shape index (κ3) is 1.82. The van der Waals surface area contributed by atoms with Gasteiger partial charge in [-0.1, -0.05) is 0 Å². The Balaban J connectivity index is 1.98. The minimum atomic E-state index is -0.168. The fraction of sp³-hybridized carbons (Fsp3) is 0.500. The van der Waals surface area contributed by atoms with Crippen LogP contribution >= 0.6 is 11.8 Å². The highest BCUT2D eigenvalue weighted by molar-refractivity contribution is 8.00. The molecule has 0 bridgehead atoms. The number of rotatable bonds is 3. The minimum Gasteiger partial charge on any atom is -0.393 e. The molecule has 0 unspecified atom stereocenters. The number of aliphatic hydroxyl groups excluding tert-OH is 1. The maximum absolute atomic E-state index is 9.07. The number of nitrogens with one attached hydrogen (secondary N) is 1. The number of imidazole rings is 1. The van der Waals surface area contributed by atoms with Gasteiger partial charge in [0.1, 0.15) is 23.5 Å². The van der Waals surface area contributed by atoms with E-state index in [9.17, 15) is 0 Å². The van der Waals surface area contributed by atoms with Gasteiger partial charge in [-0.2, -0.15) is 0 Å². The van der Waals surface area contributed by atoms with Crippen LogP contribution in [0.15, 0.2) is 12.7 Å². The zero-order valence-corrected chi connectivity index (χ0v) is 10.6. The average Bonchev–Trinajstić information content (AvgIpc) is 3.03. The summed E-state index contributed by atoms with van der Waals surface area (Å²) in [6, 6.07) is 0. The molecular formula is C10H13N5O2S. The maximum Gasteiger partial charge on any atom is 0.167 e. The van der Waals surface area contributed by atoms with Crippen LogP contribution in [0, 0.1) is 0 Å². The zero-order chi connectivity index (χ0) is 12.5. The van der Waals surface area contributed by atoms with E-state index in [-0.39, 0.29) is 18.3 Å². The van der Waals surface area contributed by atoms with Crippen LogP contribution in [-0.4, -0.2) is 49.5 Å². The Labute approximate surface area is 108 Å². The van der Waals surface area contributed by atoms with Crippen LogP contribution in [0.5, 0.6) is 0 Å². The van der Waals surface area contributed by atoms with Crippen LogP contribution in [0.25, 0.3) is 11.2 Å². The molecule has 0 aliphatic carbocycles. The van der Waals surface area contributed by atoms with Gasteiger partial charge in [-0.3, -0.25) is 4.57 Å². The molecule has 0 amide bonds. The molecule has 0 radical (unpaired) electrons. The van der Waals surface area contributed by atoms with Crippen LogP contribution in [0.4, 0.5) is 5.82 Å². The van der Waals surface area contributed by atoms with Crippen LogP contribution < -0.4 is 5.32 Å². The summed E-state index contributed by atoms with van der Waals surface area (Å²) in [7, 11) is 1.80. The number of hydrogen-bond acceptors (Lipinski definition) is 7. The monoisotopic (exact) mass is 267 g/mol. The highest BCUT2D eigenvalue weighted by Crippen LogP contribution is 2.33. The van der Waals surface area contributed by atoms with Crippen molar-refractivity contribution in [2.75, 3.05) is 24.7 Å². The van der Waals surface area contributed by atoms with Gasteiger partial charge in [0.15, 0.2) is 11.5 Å². The van der Waals surface area contributed by atoms with Gasteiger partial charge in [-0.25, -0.2) is 15.0 Å². The third-order valence-corrected chi connectivity index (χ3v) is 3.90. The third-order valence-electron chi connectivity index (χ3n) is 2.79. The van der Waals surface area contributed by atoms with Crippen molar-refractivity contribution in [1.82, 2.24) is 19.5 Å². The van der Waals surface area contributed by atoms with E-state index in [0.717, 1.165) is 16.9 Å².